The number of amides is 1. The molecule has 0 aliphatic rings. The summed E-state index contributed by atoms with van der Waals surface area (Å²) in [6.07, 6.45) is 1.31. The summed E-state index contributed by atoms with van der Waals surface area (Å²) < 4.78 is 0. The molecule has 0 aliphatic carbocycles. The van der Waals surface area contributed by atoms with Crippen LogP contribution in [0.25, 0.3) is 10.7 Å². The van der Waals surface area contributed by atoms with Gasteiger partial charge in [0.2, 0.25) is 5.91 Å². The third kappa shape index (κ3) is 6.76. The minimum Gasteiger partial charge on any atom is -0.322 e. The van der Waals surface area contributed by atoms with Gasteiger partial charge in [0.1, 0.15) is 16.5 Å². The Hall–Kier alpha value is -1.79. The van der Waals surface area contributed by atoms with Gasteiger partial charge in [0, 0.05) is 5.38 Å². The van der Waals surface area contributed by atoms with Gasteiger partial charge in [-0.2, -0.15) is 0 Å². The molecule has 0 saturated carbocycles. The summed E-state index contributed by atoms with van der Waals surface area (Å²) in [5.41, 5.74) is 7.07. The molecule has 2 heterocycles. The quantitative estimate of drug-likeness (QED) is 0.845. The first kappa shape index (κ1) is 20.3. The van der Waals surface area contributed by atoms with Gasteiger partial charge in [-0.05, 0) is 24.0 Å². The van der Waals surface area contributed by atoms with Gasteiger partial charge in [-0.25, -0.2) is 9.97 Å². The van der Waals surface area contributed by atoms with Gasteiger partial charge in [-0.15, -0.1) is 11.3 Å². The molecular weight excluding hydrogens is 320 g/mol. The highest BCUT2D eigenvalue weighted by Gasteiger charge is 2.09. The van der Waals surface area contributed by atoms with Crippen LogP contribution in [0.15, 0.2) is 23.6 Å². The number of rotatable bonds is 5. The van der Waals surface area contributed by atoms with Crippen LogP contribution in [0.3, 0.4) is 0 Å². The largest absolute Gasteiger partial charge is 0.322 e. The molecule has 0 radical (unpaired) electrons. The summed E-state index contributed by atoms with van der Waals surface area (Å²) in [6, 6.07) is 5.44. The number of hydrogen-bond donors (Lipinski definition) is 2. The Bertz CT molecular complexity index is 637. The van der Waals surface area contributed by atoms with Crippen LogP contribution in [0.2, 0.25) is 0 Å². The molecule has 5 nitrogen and oxygen atoms in total. The lowest BCUT2D eigenvalue weighted by Gasteiger charge is -2.03. The van der Waals surface area contributed by atoms with Crippen molar-refractivity contribution in [2.24, 2.45) is 11.7 Å². The summed E-state index contributed by atoms with van der Waals surface area (Å²) in [4.78, 5) is 20.1. The van der Waals surface area contributed by atoms with Crippen LogP contribution >= 0.6 is 11.3 Å². The molecule has 2 aromatic heterocycles. The molecule has 0 fully saturated rings. The second kappa shape index (κ2) is 10.2. The second-order valence-electron chi connectivity index (χ2n) is 6.19. The van der Waals surface area contributed by atoms with E-state index < -0.39 is 0 Å². The van der Waals surface area contributed by atoms with Gasteiger partial charge in [-0.3, -0.25) is 4.79 Å². The molecule has 0 aliphatic heterocycles. The number of carbonyl (C=O) groups excluding carboxylic acids is 1. The number of anilines is 1. The van der Waals surface area contributed by atoms with Crippen molar-refractivity contribution in [3.8, 4) is 10.7 Å². The lowest BCUT2D eigenvalue weighted by Crippen LogP contribution is -2.22. The Labute approximate surface area is 148 Å². The maximum absolute atomic E-state index is 11.2. The van der Waals surface area contributed by atoms with Crippen LogP contribution in [0.4, 0.5) is 5.82 Å². The van der Waals surface area contributed by atoms with Crippen LogP contribution < -0.4 is 11.1 Å². The maximum Gasteiger partial charge on any atom is 0.239 e. The number of carbonyl (C=O) groups is 1. The molecular formula is C18H28N4OS. The maximum atomic E-state index is 11.2. The van der Waals surface area contributed by atoms with Crippen molar-refractivity contribution in [1.29, 1.82) is 0 Å². The van der Waals surface area contributed by atoms with E-state index in [2.05, 4.69) is 49.9 Å². The van der Waals surface area contributed by atoms with Crippen LogP contribution in [0.1, 0.15) is 52.7 Å². The molecule has 0 aromatic carbocycles. The number of pyridine rings is 1. The Morgan fingerprint density at radius 2 is 1.92 bits per heavy atom. The number of nitrogens with one attached hydrogen (secondary N) is 1. The Kier molecular flexibility index (Phi) is 8.57. The number of thiazole rings is 1. The fourth-order valence-electron chi connectivity index (χ4n) is 1.49. The highest BCUT2D eigenvalue weighted by molar-refractivity contribution is 7.13. The van der Waals surface area contributed by atoms with Crippen molar-refractivity contribution in [2.45, 2.75) is 47.0 Å². The van der Waals surface area contributed by atoms with Crippen LogP contribution in [0, 0.1) is 5.92 Å². The Morgan fingerprint density at radius 1 is 1.25 bits per heavy atom. The van der Waals surface area contributed by atoms with Crippen LogP contribution in [-0.4, -0.2) is 22.4 Å². The van der Waals surface area contributed by atoms with E-state index in [9.17, 15) is 4.79 Å². The van der Waals surface area contributed by atoms with Gasteiger partial charge in [0.15, 0.2) is 0 Å². The van der Waals surface area contributed by atoms with Crippen molar-refractivity contribution in [3.63, 3.8) is 0 Å². The predicted molar refractivity (Wildman–Crippen MR) is 102 cm³/mol. The molecule has 0 bridgehead atoms. The molecule has 0 unspecified atom stereocenters. The predicted octanol–water partition coefficient (Wildman–Crippen LogP) is 4.28. The summed E-state index contributed by atoms with van der Waals surface area (Å²) in [6.45, 7) is 10.8. The van der Waals surface area contributed by atoms with Gasteiger partial charge in [0.25, 0.3) is 0 Å². The van der Waals surface area contributed by atoms with Gasteiger partial charge in [0.05, 0.1) is 12.2 Å². The van der Waals surface area contributed by atoms with Crippen molar-refractivity contribution in [1.82, 2.24) is 9.97 Å². The Balaban J connectivity index is 0.000000505. The first-order valence-electron chi connectivity index (χ1n) is 8.30. The van der Waals surface area contributed by atoms with Gasteiger partial charge < -0.3 is 11.1 Å². The SMILES string of the molecule is CC(C)c1csc(-c2cccc(NC(=O)CN)n2)n1.CCC(C)C. The van der Waals surface area contributed by atoms with Crippen molar-refractivity contribution in [2.75, 3.05) is 11.9 Å². The summed E-state index contributed by atoms with van der Waals surface area (Å²) in [5.74, 6) is 1.51. The zero-order chi connectivity index (χ0) is 18.1. The summed E-state index contributed by atoms with van der Waals surface area (Å²) in [5, 5.41) is 5.52. The number of hydrogen-bond acceptors (Lipinski definition) is 5. The minimum atomic E-state index is -0.258. The monoisotopic (exact) mass is 348 g/mol. The van der Waals surface area contributed by atoms with E-state index in [0.717, 1.165) is 22.3 Å². The van der Waals surface area contributed by atoms with Gasteiger partial charge in [-0.1, -0.05) is 47.1 Å². The molecule has 1 amide bonds. The minimum absolute atomic E-state index is 0.0549. The zero-order valence-corrected chi connectivity index (χ0v) is 16.0. The summed E-state index contributed by atoms with van der Waals surface area (Å²) >= 11 is 1.55. The molecule has 132 valence electrons. The number of aromatic nitrogens is 2. The second-order valence-corrected chi connectivity index (χ2v) is 7.05. The third-order valence-corrected chi connectivity index (χ3v) is 4.23. The van der Waals surface area contributed by atoms with E-state index in [1.54, 1.807) is 17.4 Å². The fraction of sp³-hybridized carbons (Fsp3) is 0.500. The number of nitrogens with two attached hydrogens (primary N) is 1. The van der Waals surface area contributed by atoms with E-state index >= 15 is 0 Å². The molecule has 2 rings (SSSR count). The average molecular weight is 349 g/mol. The smallest absolute Gasteiger partial charge is 0.239 e. The standard InChI is InChI=1S/C13H16N4OS.C5H12/c1-8(2)10-7-19-13(16-10)9-4-3-5-11(15-9)17-12(18)6-14;1-4-5(2)3/h3-5,7-8H,6,14H2,1-2H3,(H,15,17,18);5H,4H2,1-3H3. The highest BCUT2D eigenvalue weighted by Crippen LogP contribution is 2.26. The first-order valence-corrected chi connectivity index (χ1v) is 9.18. The zero-order valence-electron chi connectivity index (χ0n) is 15.2. The summed E-state index contributed by atoms with van der Waals surface area (Å²) in [7, 11) is 0. The van der Waals surface area contributed by atoms with Crippen LogP contribution in [-0.2, 0) is 4.79 Å². The van der Waals surface area contributed by atoms with Crippen molar-refractivity contribution in [3.05, 3.63) is 29.3 Å². The van der Waals surface area contributed by atoms with E-state index in [1.165, 1.54) is 6.42 Å². The Morgan fingerprint density at radius 3 is 2.42 bits per heavy atom. The molecule has 0 spiro atoms. The van der Waals surface area contributed by atoms with E-state index in [-0.39, 0.29) is 12.5 Å². The number of nitrogens with zero attached hydrogens (tertiary/aromatic N) is 2. The lowest BCUT2D eigenvalue weighted by atomic mass is 10.2. The van der Waals surface area contributed by atoms with Crippen molar-refractivity contribution >= 4 is 23.1 Å². The van der Waals surface area contributed by atoms with E-state index in [4.69, 9.17) is 5.73 Å². The van der Waals surface area contributed by atoms with E-state index in [0.29, 0.717) is 11.7 Å². The molecule has 24 heavy (non-hydrogen) atoms. The molecule has 3 N–H and O–H groups in total. The highest BCUT2D eigenvalue weighted by atomic mass is 32.1. The third-order valence-electron chi connectivity index (χ3n) is 3.35. The molecule has 2 aromatic rings. The van der Waals surface area contributed by atoms with E-state index in [1.807, 2.05) is 17.5 Å². The molecule has 0 atom stereocenters. The lowest BCUT2D eigenvalue weighted by molar-refractivity contribution is -0.114. The van der Waals surface area contributed by atoms with Gasteiger partial charge >= 0.3 is 0 Å². The van der Waals surface area contributed by atoms with Crippen molar-refractivity contribution < 1.29 is 4.79 Å². The van der Waals surface area contributed by atoms with Crippen LogP contribution in [0.5, 0.6) is 0 Å². The molecule has 0 saturated heterocycles. The topological polar surface area (TPSA) is 80.9 Å². The fourth-order valence-corrected chi connectivity index (χ4v) is 2.44. The average Bonchev–Trinajstić information content (AvgIpc) is 3.06. The normalized spacial score (nSPS) is 10.5. The first-order chi connectivity index (χ1) is 11.4. The molecule has 6 heteroatoms.